The molecule has 1 amide bonds. The largest absolute Gasteiger partial charge is 0.418 e. The summed E-state index contributed by atoms with van der Waals surface area (Å²) in [6, 6.07) is 3.23. The van der Waals surface area contributed by atoms with Crippen molar-refractivity contribution in [2.75, 3.05) is 5.32 Å². The second kappa shape index (κ2) is 8.43. The van der Waals surface area contributed by atoms with Gasteiger partial charge in [-0.2, -0.15) is 13.2 Å². The number of rotatable bonds is 4. The number of benzene rings is 1. The minimum absolute atomic E-state index is 0.185. The summed E-state index contributed by atoms with van der Waals surface area (Å²) in [7, 11) is 0. The molecule has 1 aromatic carbocycles. The third-order valence-electron chi connectivity index (χ3n) is 5.64. The molecule has 1 aliphatic rings. The number of aromatic nitrogens is 2. The molecule has 1 unspecified atom stereocenters. The number of alkyl halides is 3. The maximum atomic E-state index is 13.6. The highest BCUT2D eigenvalue weighted by atomic mass is 32.1. The first kappa shape index (κ1) is 21.5. The SMILES string of the molecule is O=C(Nc1nccs1)c1c(C(O)C2CCCCC2)[nH]c2c(C(F)(F)F)cccc2c1=O. The molecule has 1 saturated carbocycles. The van der Waals surface area contributed by atoms with E-state index in [2.05, 4.69) is 15.3 Å². The summed E-state index contributed by atoms with van der Waals surface area (Å²) >= 11 is 1.14. The average Bonchev–Trinajstić information content (AvgIpc) is 3.25. The minimum atomic E-state index is -4.71. The number of aliphatic hydroxyl groups excluding tert-OH is 1. The summed E-state index contributed by atoms with van der Waals surface area (Å²) in [5, 5.41) is 15.1. The van der Waals surface area contributed by atoms with Crippen molar-refractivity contribution >= 4 is 33.3 Å². The molecular formula is C21H20F3N3O3S. The Hall–Kier alpha value is -2.72. The van der Waals surface area contributed by atoms with E-state index in [4.69, 9.17) is 0 Å². The van der Waals surface area contributed by atoms with Crippen LogP contribution in [0.2, 0.25) is 0 Å². The lowest BCUT2D eigenvalue weighted by Gasteiger charge is -2.28. The first-order chi connectivity index (χ1) is 14.8. The summed E-state index contributed by atoms with van der Waals surface area (Å²) in [5.41, 5.74) is -2.89. The maximum Gasteiger partial charge on any atom is 0.418 e. The Morgan fingerprint density at radius 2 is 2.00 bits per heavy atom. The fourth-order valence-corrected chi connectivity index (χ4v) is 4.67. The molecule has 0 aliphatic heterocycles. The van der Waals surface area contributed by atoms with Crippen molar-refractivity contribution in [1.29, 1.82) is 0 Å². The lowest BCUT2D eigenvalue weighted by molar-refractivity contribution is -0.136. The Morgan fingerprint density at radius 3 is 2.65 bits per heavy atom. The normalized spacial score (nSPS) is 16.4. The van der Waals surface area contributed by atoms with Crippen molar-refractivity contribution in [3.63, 3.8) is 0 Å². The molecule has 0 spiro atoms. The number of nitrogens with one attached hydrogen (secondary N) is 2. The molecule has 0 bridgehead atoms. The van der Waals surface area contributed by atoms with E-state index < -0.39 is 34.7 Å². The van der Waals surface area contributed by atoms with Gasteiger partial charge in [0.15, 0.2) is 5.13 Å². The Balaban J connectivity index is 1.92. The van der Waals surface area contributed by atoms with Gasteiger partial charge in [0.05, 0.1) is 22.9 Å². The molecule has 4 rings (SSSR count). The molecule has 3 aromatic rings. The van der Waals surface area contributed by atoms with E-state index in [0.29, 0.717) is 12.8 Å². The average molecular weight is 451 g/mol. The van der Waals surface area contributed by atoms with Crippen molar-refractivity contribution in [2.24, 2.45) is 5.92 Å². The van der Waals surface area contributed by atoms with Gasteiger partial charge in [-0.3, -0.25) is 14.9 Å². The second-order valence-electron chi connectivity index (χ2n) is 7.60. The molecule has 31 heavy (non-hydrogen) atoms. The van der Waals surface area contributed by atoms with Gasteiger partial charge in [0.2, 0.25) is 5.43 Å². The van der Waals surface area contributed by atoms with Crippen molar-refractivity contribution < 1.29 is 23.1 Å². The number of halogens is 3. The summed E-state index contributed by atoms with van der Waals surface area (Å²) in [6.07, 6.45) is -0.436. The summed E-state index contributed by atoms with van der Waals surface area (Å²) in [4.78, 5) is 32.7. The second-order valence-corrected chi connectivity index (χ2v) is 8.50. The molecule has 6 nitrogen and oxygen atoms in total. The number of fused-ring (bicyclic) bond motifs is 1. The van der Waals surface area contributed by atoms with E-state index in [9.17, 15) is 27.9 Å². The number of aromatic amines is 1. The fraction of sp³-hybridized carbons (Fsp3) is 0.381. The standard InChI is InChI=1S/C21H20F3N3O3S/c22-21(23,24)13-8-4-7-12-15(13)26-16(17(28)11-5-2-1-3-6-11)14(18(12)29)19(30)27-20-25-9-10-31-20/h4,7-11,17,28H,1-3,5-6H2,(H,26,29)(H,25,27,30). The van der Waals surface area contributed by atoms with E-state index in [-0.39, 0.29) is 27.7 Å². The highest BCUT2D eigenvalue weighted by Crippen LogP contribution is 2.37. The number of pyridine rings is 1. The highest BCUT2D eigenvalue weighted by molar-refractivity contribution is 7.13. The quantitative estimate of drug-likeness (QED) is 0.528. The number of carbonyl (C=O) groups excluding carboxylic acids is 1. The van der Waals surface area contributed by atoms with E-state index >= 15 is 0 Å². The number of carbonyl (C=O) groups is 1. The number of hydrogen-bond acceptors (Lipinski definition) is 5. The van der Waals surface area contributed by atoms with Gasteiger partial charge in [0.1, 0.15) is 5.56 Å². The van der Waals surface area contributed by atoms with Crippen molar-refractivity contribution in [1.82, 2.24) is 9.97 Å². The van der Waals surface area contributed by atoms with Crippen LogP contribution < -0.4 is 10.7 Å². The van der Waals surface area contributed by atoms with E-state index in [1.807, 2.05) is 0 Å². The maximum absolute atomic E-state index is 13.6. The predicted molar refractivity (Wildman–Crippen MR) is 111 cm³/mol. The van der Waals surface area contributed by atoms with E-state index in [0.717, 1.165) is 42.7 Å². The van der Waals surface area contributed by atoms with Gasteiger partial charge in [-0.15, -0.1) is 11.3 Å². The van der Waals surface area contributed by atoms with E-state index in [1.165, 1.54) is 12.3 Å². The lowest BCUT2D eigenvalue weighted by Crippen LogP contribution is -2.29. The topological polar surface area (TPSA) is 95.1 Å². The third kappa shape index (κ3) is 4.22. The predicted octanol–water partition coefficient (Wildman–Crippen LogP) is 4.87. The molecule has 1 fully saturated rings. The number of thiazole rings is 1. The van der Waals surface area contributed by atoms with Crippen LogP contribution in [-0.2, 0) is 6.18 Å². The van der Waals surface area contributed by atoms with Gasteiger partial charge in [0.25, 0.3) is 5.91 Å². The fourth-order valence-electron chi connectivity index (χ4n) is 4.14. The smallest absolute Gasteiger partial charge is 0.387 e. The van der Waals surface area contributed by atoms with Crippen molar-refractivity contribution in [3.05, 3.63) is 56.8 Å². The number of nitrogens with zero attached hydrogens (tertiary/aromatic N) is 1. The number of H-pyrrole nitrogens is 1. The summed E-state index contributed by atoms with van der Waals surface area (Å²) in [6.45, 7) is 0. The van der Waals surface area contributed by atoms with Gasteiger partial charge in [-0.25, -0.2) is 4.98 Å². The Labute approximate surface area is 179 Å². The van der Waals surface area contributed by atoms with Gasteiger partial charge in [-0.1, -0.05) is 25.3 Å². The highest BCUT2D eigenvalue weighted by Gasteiger charge is 2.36. The van der Waals surface area contributed by atoms with E-state index in [1.54, 1.807) is 5.38 Å². The molecule has 2 heterocycles. The van der Waals surface area contributed by atoms with Crippen molar-refractivity contribution in [2.45, 2.75) is 44.4 Å². The Kier molecular flexibility index (Phi) is 5.85. The van der Waals surface area contributed by atoms with Crippen LogP contribution in [0.15, 0.2) is 34.6 Å². The number of hydrogen-bond donors (Lipinski definition) is 3. The number of para-hydroxylation sites is 1. The third-order valence-corrected chi connectivity index (χ3v) is 6.33. The van der Waals surface area contributed by atoms with Crippen LogP contribution in [0.5, 0.6) is 0 Å². The molecule has 164 valence electrons. The summed E-state index contributed by atoms with van der Waals surface area (Å²) < 4.78 is 40.7. The zero-order chi connectivity index (χ0) is 22.2. The number of anilines is 1. The molecule has 10 heteroatoms. The number of aliphatic hydroxyl groups is 1. The molecule has 0 radical (unpaired) electrons. The monoisotopic (exact) mass is 451 g/mol. The van der Waals surface area contributed by atoms with Crippen LogP contribution in [0.25, 0.3) is 10.9 Å². The first-order valence-corrected chi connectivity index (χ1v) is 10.8. The molecule has 1 aliphatic carbocycles. The van der Waals surface area contributed by atoms with Crippen molar-refractivity contribution in [3.8, 4) is 0 Å². The van der Waals surface area contributed by atoms with Crippen LogP contribution in [0.3, 0.4) is 0 Å². The minimum Gasteiger partial charge on any atom is -0.387 e. The number of amides is 1. The molecule has 2 aromatic heterocycles. The van der Waals surface area contributed by atoms with Gasteiger partial charge >= 0.3 is 6.18 Å². The zero-order valence-corrected chi connectivity index (χ0v) is 17.1. The van der Waals surface area contributed by atoms with Crippen LogP contribution in [0.4, 0.5) is 18.3 Å². The lowest BCUT2D eigenvalue weighted by atomic mass is 9.83. The molecule has 0 saturated heterocycles. The molecular weight excluding hydrogens is 431 g/mol. The first-order valence-electron chi connectivity index (χ1n) is 9.92. The Morgan fingerprint density at radius 1 is 1.26 bits per heavy atom. The zero-order valence-electron chi connectivity index (χ0n) is 16.3. The van der Waals surface area contributed by atoms with Crippen LogP contribution in [0.1, 0.15) is 59.8 Å². The Bertz CT molecular complexity index is 1150. The van der Waals surface area contributed by atoms with Crippen LogP contribution in [-0.4, -0.2) is 21.0 Å². The van der Waals surface area contributed by atoms with Crippen LogP contribution >= 0.6 is 11.3 Å². The summed E-state index contributed by atoms with van der Waals surface area (Å²) in [5.74, 6) is -1.08. The molecule has 3 N–H and O–H groups in total. The molecule has 1 atom stereocenters. The van der Waals surface area contributed by atoms with Gasteiger partial charge in [-0.05, 0) is 30.9 Å². The van der Waals surface area contributed by atoms with Crippen LogP contribution in [0, 0.1) is 5.92 Å². The van der Waals surface area contributed by atoms with Gasteiger partial charge in [0, 0.05) is 17.0 Å². The van der Waals surface area contributed by atoms with Gasteiger partial charge < -0.3 is 10.1 Å².